The number of nitrogens with zero attached hydrogens (tertiary/aromatic N) is 2. The summed E-state index contributed by atoms with van der Waals surface area (Å²) < 4.78 is 5.99. The number of aromatic nitrogens is 2. The minimum atomic E-state index is 0. The van der Waals surface area contributed by atoms with Gasteiger partial charge in [0, 0.05) is 10.5 Å². The van der Waals surface area contributed by atoms with Crippen LogP contribution in [-0.2, 0) is 13.1 Å². The van der Waals surface area contributed by atoms with Gasteiger partial charge in [-0.3, -0.25) is 0 Å². The van der Waals surface area contributed by atoms with Crippen molar-refractivity contribution in [1.29, 1.82) is 0 Å². The molecule has 0 atom stereocenters. The maximum atomic E-state index is 3.56. The third kappa shape index (κ3) is 5.63. The van der Waals surface area contributed by atoms with Gasteiger partial charge >= 0.3 is 0 Å². The molecule has 7 aromatic rings. The number of benzene rings is 6. The first-order chi connectivity index (χ1) is 19.7. The third-order valence-electron chi connectivity index (χ3n) is 7.62. The van der Waals surface area contributed by atoms with Gasteiger partial charge in [-0.1, -0.05) is 113 Å². The number of halogens is 2. The lowest BCUT2D eigenvalue weighted by Gasteiger charge is -2.06. The van der Waals surface area contributed by atoms with Gasteiger partial charge in [0.2, 0.25) is 0 Å². The van der Waals surface area contributed by atoms with Crippen LogP contribution in [-0.4, -0.2) is 4.57 Å². The van der Waals surface area contributed by atoms with Crippen LogP contribution in [0.15, 0.2) is 138 Å². The molecular formula is C37H28Br2N2. The van der Waals surface area contributed by atoms with Crippen molar-refractivity contribution in [2.45, 2.75) is 13.1 Å². The van der Waals surface area contributed by atoms with Crippen LogP contribution in [0, 0.1) is 0 Å². The third-order valence-corrected chi connectivity index (χ3v) is 8.15. The predicted octanol–water partition coefficient (Wildman–Crippen LogP) is 6.27. The van der Waals surface area contributed by atoms with Crippen molar-refractivity contribution in [3.63, 3.8) is 0 Å². The van der Waals surface area contributed by atoms with Crippen molar-refractivity contribution in [2.75, 3.05) is 0 Å². The molecule has 2 nitrogen and oxygen atoms in total. The smallest absolute Gasteiger partial charge is 0.283 e. The average molecular weight is 660 g/mol. The Morgan fingerprint density at radius 3 is 1.88 bits per heavy atom. The Bertz CT molecular complexity index is 1900. The quantitative estimate of drug-likeness (QED) is 0.186. The van der Waals surface area contributed by atoms with Crippen LogP contribution in [0.25, 0.3) is 44.7 Å². The zero-order valence-electron chi connectivity index (χ0n) is 22.4. The summed E-state index contributed by atoms with van der Waals surface area (Å²) >= 11 is 3.56. The van der Waals surface area contributed by atoms with Gasteiger partial charge in [-0.15, -0.1) is 0 Å². The zero-order chi connectivity index (χ0) is 26.9. The van der Waals surface area contributed by atoms with E-state index in [1.165, 1.54) is 55.1 Å². The topological polar surface area (TPSA) is 8.81 Å². The zero-order valence-corrected chi connectivity index (χ0v) is 25.6. The molecule has 0 aliphatic carbocycles. The van der Waals surface area contributed by atoms with Crippen LogP contribution >= 0.6 is 15.9 Å². The maximum Gasteiger partial charge on any atom is 0.283 e. The molecule has 0 fully saturated rings. The van der Waals surface area contributed by atoms with Crippen molar-refractivity contribution >= 4 is 60.7 Å². The maximum absolute atomic E-state index is 3.56. The second-order valence-corrected chi connectivity index (χ2v) is 11.2. The Hall–Kier alpha value is -3.99. The number of para-hydroxylation sites is 2. The van der Waals surface area contributed by atoms with E-state index in [0.29, 0.717) is 0 Å². The molecule has 0 N–H and O–H groups in total. The number of hydrogen-bond acceptors (Lipinski definition) is 0. The van der Waals surface area contributed by atoms with Crippen LogP contribution < -0.4 is 21.5 Å². The summed E-state index contributed by atoms with van der Waals surface area (Å²) in [5.74, 6) is 1.17. The molecule has 6 aromatic carbocycles. The molecule has 200 valence electrons. The Balaban J connectivity index is 0.00000302. The molecule has 0 radical (unpaired) electrons. The van der Waals surface area contributed by atoms with Crippen molar-refractivity contribution in [1.82, 2.24) is 4.57 Å². The first-order valence-electron chi connectivity index (χ1n) is 13.6. The van der Waals surface area contributed by atoms with Crippen LogP contribution in [0.5, 0.6) is 0 Å². The largest absolute Gasteiger partial charge is 1.00 e. The van der Waals surface area contributed by atoms with Gasteiger partial charge in [-0.25, -0.2) is 9.13 Å². The van der Waals surface area contributed by atoms with E-state index < -0.39 is 0 Å². The summed E-state index contributed by atoms with van der Waals surface area (Å²) in [5, 5.41) is 5.08. The van der Waals surface area contributed by atoms with Crippen LogP contribution in [0.2, 0.25) is 0 Å². The summed E-state index contributed by atoms with van der Waals surface area (Å²) in [6.45, 7) is 1.58. The van der Waals surface area contributed by atoms with Gasteiger partial charge in [-0.2, -0.15) is 0 Å². The highest BCUT2D eigenvalue weighted by atomic mass is 79.9. The molecule has 0 bridgehead atoms. The Morgan fingerprint density at radius 1 is 0.585 bits per heavy atom. The molecule has 1 heterocycles. The van der Waals surface area contributed by atoms with E-state index in [-0.39, 0.29) is 17.0 Å². The Morgan fingerprint density at radius 2 is 1.17 bits per heavy atom. The first kappa shape index (κ1) is 27.2. The molecule has 0 spiro atoms. The minimum absolute atomic E-state index is 0. The molecule has 7 rings (SSSR count). The van der Waals surface area contributed by atoms with E-state index in [0.717, 1.165) is 17.6 Å². The number of imidazole rings is 1. The molecule has 0 saturated heterocycles. The highest BCUT2D eigenvalue weighted by molar-refractivity contribution is 9.10. The van der Waals surface area contributed by atoms with Gasteiger partial charge in [0.05, 0.1) is 0 Å². The molecule has 1 aromatic heterocycles. The fraction of sp³-hybridized carbons (Fsp3) is 0.0541. The van der Waals surface area contributed by atoms with E-state index in [2.05, 4.69) is 171 Å². The summed E-state index contributed by atoms with van der Waals surface area (Å²) in [7, 11) is 0. The van der Waals surface area contributed by atoms with Gasteiger partial charge in [-0.05, 0) is 80.7 Å². The van der Waals surface area contributed by atoms with E-state index in [1.807, 2.05) is 0 Å². The van der Waals surface area contributed by atoms with Crippen molar-refractivity contribution < 1.29 is 21.5 Å². The summed E-state index contributed by atoms with van der Waals surface area (Å²) in [4.78, 5) is 0. The lowest BCUT2D eigenvalue weighted by atomic mass is 10.1. The van der Waals surface area contributed by atoms with Gasteiger partial charge in [0.15, 0.2) is 11.0 Å². The van der Waals surface area contributed by atoms with Gasteiger partial charge in [0.1, 0.15) is 13.1 Å². The van der Waals surface area contributed by atoms with Crippen molar-refractivity contribution in [2.24, 2.45) is 0 Å². The normalized spacial score (nSPS) is 11.4. The molecular weight excluding hydrogens is 632 g/mol. The molecule has 0 aliphatic heterocycles. The Labute approximate surface area is 259 Å². The van der Waals surface area contributed by atoms with E-state index >= 15 is 0 Å². The molecule has 41 heavy (non-hydrogen) atoms. The van der Waals surface area contributed by atoms with Crippen LogP contribution in [0.3, 0.4) is 0 Å². The van der Waals surface area contributed by atoms with Crippen molar-refractivity contribution in [3.05, 3.63) is 160 Å². The van der Waals surface area contributed by atoms with E-state index in [1.54, 1.807) is 0 Å². The van der Waals surface area contributed by atoms with Gasteiger partial charge < -0.3 is 17.0 Å². The van der Waals surface area contributed by atoms with Crippen LogP contribution in [0.1, 0.15) is 22.5 Å². The summed E-state index contributed by atoms with van der Waals surface area (Å²) in [6.07, 6.45) is 4.49. The fourth-order valence-electron chi connectivity index (χ4n) is 5.61. The SMILES string of the molecule is Brc1ccc(/C=C/c2n(Cc3ccc4ccccc4c3)c3ccccc3[n+]2Cc2ccc3ccccc3c2)cc1.[Br-]. The fourth-order valence-corrected chi connectivity index (χ4v) is 5.87. The molecule has 0 amide bonds. The highest BCUT2D eigenvalue weighted by Crippen LogP contribution is 2.23. The molecule has 0 unspecified atom stereocenters. The van der Waals surface area contributed by atoms with E-state index in [9.17, 15) is 0 Å². The number of hydrogen-bond donors (Lipinski definition) is 0. The second kappa shape index (κ2) is 11.9. The minimum Gasteiger partial charge on any atom is -1.00 e. The second-order valence-electron chi connectivity index (χ2n) is 10.3. The number of rotatable bonds is 6. The highest BCUT2D eigenvalue weighted by Gasteiger charge is 2.23. The summed E-state index contributed by atoms with van der Waals surface area (Å²) in [5.41, 5.74) is 6.20. The molecule has 4 heteroatoms. The number of fused-ring (bicyclic) bond motifs is 3. The Kier molecular flexibility index (Phi) is 7.86. The summed E-state index contributed by atoms with van der Waals surface area (Å²) in [6, 6.07) is 48.0. The van der Waals surface area contributed by atoms with E-state index in [4.69, 9.17) is 0 Å². The monoisotopic (exact) mass is 658 g/mol. The van der Waals surface area contributed by atoms with Crippen LogP contribution in [0.4, 0.5) is 0 Å². The molecule has 0 aliphatic rings. The average Bonchev–Trinajstić information content (AvgIpc) is 3.28. The standard InChI is InChI=1S/C37H28BrN2.BrH/c38-34-20-15-27(16-21-34)17-22-37-39(25-28-13-18-30-7-1-3-9-32(30)23-28)35-11-5-6-12-36(35)40(37)26-29-14-19-31-8-2-4-10-33(31)24-29;/h1-24H,25-26H2;1H/q+1;/p-1/b22-17+;. The lowest BCUT2D eigenvalue weighted by Crippen LogP contribution is -3.00. The first-order valence-corrected chi connectivity index (χ1v) is 14.4. The van der Waals surface area contributed by atoms with Crippen molar-refractivity contribution in [3.8, 4) is 0 Å². The predicted molar refractivity (Wildman–Crippen MR) is 171 cm³/mol. The van der Waals surface area contributed by atoms with Gasteiger partial charge in [0.25, 0.3) is 5.82 Å². The lowest BCUT2D eigenvalue weighted by molar-refractivity contribution is -0.665. The molecule has 0 saturated carbocycles.